The molecular formula is C24H37N5O6. The number of hydroxylamine groups is 1. The normalized spacial score (nSPS) is 22.6. The van der Waals surface area contributed by atoms with Crippen LogP contribution in [0.4, 0.5) is 4.79 Å². The fourth-order valence-electron chi connectivity index (χ4n) is 4.11. The fourth-order valence-corrected chi connectivity index (χ4v) is 4.11. The van der Waals surface area contributed by atoms with Crippen molar-refractivity contribution in [1.29, 1.82) is 0 Å². The van der Waals surface area contributed by atoms with Gasteiger partial charge in [-0.25, -0.2) is 10.3 Å². The van der Waals surface area contributed by atoms with Gasteiger partial charge in [-0.2, -0.15) is 0 Å². The van der Waals surface area contributed by atoms with Crippen molar-refractivity contribution in [2.24, 2.45) is 17.8 Å². The van der Waals surface area contributed by atoms with E-state index in [1.807, 2.05) is 19.9 Å². The quantitative estimate of drug-likeness (QED) is 0.299. The number of amides is 4. The molecule has 1 fully saturated rings. The van der Waals surface area contributed by atoms with E-state index < -0.39 is 35.8 Å². The van der Waals surface area contributed by atoms with Gasteiger partial charge in [-0.15, -0.1) is 0 Å². The zero-order valence-corrected chi connectivity index (χ0v) is 20.4. The molecule has 0 spiro atoms. The Morgan fingerprint density at radius 1 is 1.20 bits per heavy atom. The minimum absolute atomic E-state index is 0.0798. The molecule has 1 aliphatic heterocycles. The number of nitrogens with one attached hydrogen (secondary N) is 4. The van der Waals surface area contributed by atoms with E-state index in [4.69, 9.17) is 4.74 Å². The summed E-state index contributed by atoms with van der Waals surface area (Å²) in [5.41, 5.74) is 2.48. The van der Waals surface area contributed by atoms with Gasteiger partial charge in [0.25, 0.3) is 0 Å². The number of nitrogens with zero attached hydrogens (tertiary/aromatic N) is 1. The molecule has 0 saturated carbocycles. The van der Waals surface area contributed by atoms with Gasteiger partial charge in [-0.3, -0.25) is 24.6 Å². The molecular weight excluding hydrogens is 454 g/mol. The fraction of sp³-hybridized carbons (Fsp3) is 0.625. The number of cyclic esters (lactones) is 1. The monoisotopic (exact) mass is 491 g/mol. The molecule has 11 heteroatoms. The number of rotatable bonds is 6. The van der Waals surface area contributed by atoms with Crippen molar-refractivity contribution < 1.29 is 29.1 Å². The first-order chi connectivity index (χ1) is 16.8. The minimum atomic E-state index is -0.849. The average molecular weight is 492 g/mol. The van der Waals surface area contributed by atoms with Crippen molar-refractivity contribution in [2.45, 2.75) is 65.0 Å². The van der Waals surface area contributed by atoms with Crippen LogP contribution in [0.25, 0.3) is 0 Å². The molecule has 0 radical (unpaired) electrons. The summed E-state index contributed by atoms with van der Waals surface area (Å²) in [4.78, 5) is 54.8. The highest BCUT2D eigenvalue weighted by Crippen LogP contribution is 2.26. The molecule has 5 N–H and O–H groups in total. The Balaban J connectivity index is 2.22. The predicted molar refractivity (Wildman–Crippen MR) is 127 cm³/mol. The lowest BCUT2D eigenvalue weighted by Crippen LogP contribution is -2.50. The van der Waals surface area contributed by atoms with E-state index in [-0.39, 0.29) is 31.4 Å². The first kappa shape index (κ1) is 28.0. The van der Waals surface area contributed by atoms with Crippen molar-refractivity contribution in [3.63, 3.8) is 0 Å². The zero-order chi connectivity index (χ0) is 25.6. The third-order valence-corrected chi connectivity index (χ3v) is 5.90. The molecule has 1 aromatic rings. The van der Waals surface area contributed by atoms with Crippen LogP contribution in [0.1, 0.15) is 57.9 Å². The first-order valence-corrected chi connectivity index (χ1v) is 12.1. The van der Waals surface area contributed by atoms with Gasteiger partial charge in [0.15, 0.2) is 0 Å². The molecule has 0 bridgehead atoms. The number of alkyl carbamates (subject to hydrolysis) is 1. The lowest BCUT2D eigenvalue weighted by atomic mass is 9.81. The molecule has 4 amide bonds. The maximum absolute atomic E-state index is 13.4. The minimum Gasteiger partial charge on any atom is -0.450 e. The van der Waals surface area contributed by atoms with Gasteiger partial charge in [0.2, 0.25) is 17.7 Å². The number of pyridine rings is 1. The lowest BCUT2D eigenvalue weighted by Gasteiger charge is -2.28. The van der Waals surface area contributed by atoms with Crippen molar-refractivity contribution in [3.8, 4) is 0 Å². The maximum Gasteiger partial charge on any atom is 0.407 e. The summed E-state index contributed by atoms with van der Waals surface area (Å²) in [5.74, 6) is -2.98. The Morgan fingerprint density at radius 2 is 2.00 bits per heavy atom. The summed E-state index contributed by atoms with van der Waals surface area (Å²) in [7, 11) is 0. The number of aromatic nitrogens is 1. The topological polar surface area (TPSA) is 159 Å². The molecule has 0 aliphatic carbocycles. The second kappa shape index (κ2) is 14.9. The Kier molecular flexibility index (Phi) is 12.0. The van der Waals surface area contributed by atoms with E-state index >= 15 is 0 Å². The van der Waals surface area contributed by atoms with E-state index in [1.165, 1.54) is 0 Å². The van der Waals surface area contributed by atoms with Crippen LogP contribution in [0, 0.1) is 17.8 Å². The summed E-state index contributed by atoms with van der Waals surface area (Å²) in [5, 5.41) is 17.6. The number of carbonyl (C=O) groups is 4. The Morgan fingerprint density at radius 3 is 2.69 bits per heavy atom. The highest BCUT2D eigenvalue weighted by molar-refractivity contribution is 5.91. The van der Waals surface area contributed by atoms with Gasteiger partial charge in [0, 0.05) is 31.4 Å². The summed E-state index contributed by atoms with van der Waals surface area (Å²) in [6, 6.07) is 2.79. The van der Waals surface area contributed by atoms with Crippen LogP contribution in [0.2, 0.25) is 0 Å². The third-order valence-electron chi connectivity index (χ3n) is 5.90. The zero-order valence-electron chi connectivity index (χ0n) is 20.4. The second-order valence-electron chi connectivity index (χ2n) is 9.16. The van der Waals surface area contributed by atoms with E-state index in [0.717, 1.165) is 5.56 Å². The van der Waals surface area contributed by atoms with Crippen molar-refractivity contribution in [3.05, 3.63) is 30.1 Å². The van der Waals surface area contributed by atoms with Crippen molar-refractivity contribution >= 4 is 23.8 Å². The molecule has 194 valence electrons. The van der Waals surface area contributed by atoms with Gasteiger partial charge >= 0.3 is 6.09 Å². The molecule has 0 unspecified atom stereocenters. The van der Waals surface area contributed by atoms with Gasteiger partial charge in [-0.1, -0.05) is 19.9 Å². The van der Waals surface area contributed by atoms with Crippen LogP contribution in [-0.4, -0.2) is 53.2 Å². The van der Waals surface area contributed by atoms with E-state index in [1.54, 1.807) is 23.9 Å². The third kappa shape index (κ3) is 9.89. The molecule has 1 aromatic heterocycles. The van der Waals surface area contributed by atoms with Crippen LogP contribution in [0.15, 0.2) is 24.5 Å². The van der Waals surface area contributed by atoms with E-state index in [2.05, 4.69) is 20.9 Å². The van der Waals surface area contributed by atoms with Gasteiger partial charge < -0.3 is 20.7 Å². The van der Waals surface area contributed by atoms with Gasteiger partial charge in [0.05, 0.1) is 12.5 Å². The molecule has 2 rings (SSSR count). The maximum atomic E-state index is 13.4. The summed E-state index contributed by atoms with van der Waals surface area (Å²) < 4.78 is 5.14. The SMILES string of the molecule is CC(C)C[C@H]1C(=O)N[C@H](C(=O)NCc2cccnc2)CCCCNC(=O)OCCC[C@@H]1C(=O)NO. The molecule has 11 nitrogen and oxygen atoms in total. The highest BCUT2D eigenvalue weighted by atomic mass is 16.5. The predicted octanol–water partition coefficient (Wildman–Crippen LogP) is 1.66. The number of hydrogen-bond donors (Lipinski definition) is 5. The van der Waals surface area contributed by atoms with Crippen LogP contribution in [0.5, 0.6) is 0 Å². The van der Waals surface area contributed by atoms with Gasteiger partial charge in [-0.05, 0) is 56.1 Å². The number of carbonyl (C=O) groups excluding carboxylic acids is 4. The van der Waals surface area contributed by atoms with Crippen LogP contribution >= 0.6 is 0 Å². The molecule has 3 atom stereocenters. The van der Waals surface area contributed by atoms with E-state index in [9.17, 15) is 24.4 Å². The molecule has 1 aliphatic rings. The van der Waals surface area contributed by atoms with Crippen molar-refractivity contribution in [1.82, 2.24) is 26.4 Å². The summed E-state index contributed by atoms with van der Waals surface area (Å²) in [6.45, 7) is 4.58. The largest absolute Gasteiger partial charge is 0.450 e. The molecule has 35 heavy (non-hydrogen) atoms. The summed E-state index contributed by atoms with van der Waals surface area (Å²) >= 11 is 0. The Bertz CT molecular complexity index is 835. The molecule has 2 heterocycles. The average Bonchev–Trinajstić information content (AvgIpc) is 2.85. The Labute approximate surface area is 205 Å². The lowest BCUT2D eigenvalue weighted by molar-refractivity contribution is -0.142. The molecule has 1 saturated heterocycles. The first-order valence-electron chi connectivity index (χ1n) is 12.1. The second-order valence-corrected chi connectivity index (χ2v) is 9.16. The molecule has 0 aromatic carbocycles. The smallest absolute Gasteiger partial charge is 0.407 e. The Hall–Kier alpha value is -3.21. The van der Waals surface area contributed by atoms with Crippen LogP contribution in [-0.2, 0) is 25.7 Å². The van der Waals surface area contributed by atoms with Crippen LogP contribution in [0.3, 0.4) is 0 Å². The summed E-state index contributed by atoms with van der Waals surface area (Å²) in [6.07, 6.45) is 5.21. The number of hydrogen-bond acceptors (Lipinski definition) is 7. The highest BCUT2D eigenvalue weighted by Gasteiger charge is 2.35. The standard InChI is InChI=1S/C24H37N5O6/c1-16(2)13-19-18(22(31)29-34)8-6-12-35-24(33)26-11-4-3-9-20(28-21(19)30)23(32)27-15-17-7-5-10-25-14-17/h5,7,10,14,16,18-20,34H,3-4,6,8-9,11-13,15H2,1-2H3,(H,26,33)(H,27,32)(H,28,30)(H,29,31)/t18-,19+,20-/m0/s1. The van der Waals surface area contributed by atoms with Crippen molar-refractivity contribution in [2.75, 3.05) is 13.2 Å². The number of ether oxygens (including phenoxy) is 1. The van der Waals surface area contributed by atoms with E-state index in [0.29, 0.717) is 38.6 Å². The van der Waals surface area contributed by atoms with Crippen LogP contribution < -0.4 is 21.4 Å². The van der Waals surface area contributed by atoms with Gasteiger partial charge in [0.1, 0.15) is 6.04 Å².